The molecule has 3 atom stereocenters. The normalized spacial score (nSPS) is 29.7. The van der Waals surface area contributed by atoms with E-state index in [1.54, 1.807) is 6.92 Å². The lowest BCUT2D eigenvalue weighted by Gasteiger charge is -2.33. The molecule has 1 heterocycles. The molecule has 0 aliphatic carbocycles. The maximum Gasteiger partial charge on any atom is 0.245 e. The van der Waals surface area contributed by atoms with Crippen molar-refractivity contribution < 1.29 is 9.59 Å². The standard InChI is InChI=1S/C11H20N2O2/c1-5-7(2)13-8(3)6-10(14)12-9(4)11(13)15/h7-9H,5-6H2,1-4H3,(H,12,14). The molecule has 1 N–H and O–H groups in total. The first-order valence-corrected chi connectivity index (χ1v) is 5.58. The molecular formula is C11H20N2O2. The maximum atomic E-state index is 12.0. The largest absolute Gasteiger partial charge is 0.345 e. The summed E-state index contributed by atoms with van der Waals surface area (Å²) in [5.41, 5.74) is 0. The van der Waals surface area contributed by atoms with E-state index >= 15 is 0 Å². The lowest BCUT2D eigenvalue weighted by Crippen LogP contribution is -2.48. The molecule has 0 radical (unpaired) electrons. The van der Waals surface area contributed by atoms with Gasteiger partial charge in [-0.25, -0.2) is 0 Å². The maximum absolute atomic E-state index is 12.0. The molecule has 4 heteroatoms. The predicted octanol–water partition coefficient (Wildman–Crippen LogP) is 0.910. The van der Waals surface area contributed by atoms with E-state index in [1.807, 2.05) is 18.7 Å². The highest BCUT2D eigenvalue weighted by Gasteiger charge is 2.33. The summed E-state index contributed by atoms with van der Waals surface area (Å²) in [6.45, 7) is 7.75. The number of hydrogen-bond donors (Lipinski definition) is 1. The molecule has 0 bridgehead atoms. The molecule has 2 amide bonds. The lowest BCUT2D eigenvalue weighted by molar-refractivity contribution is -0.136. The van der Waals surface area contributed by atoms with Gasteiger partial charge in [-0.2, -0.15) is 0 Å². The van der Waals surface area contributed by atoms with Crippen LogP contribution in [-0.2, 0) is 9.59 Å². The molecule has 1 aliphatic rings. The van der Waals surface area contributed by atoms with Crippen LogP contribution in [0.25, 0.3) is 0 Å². The molecule has 3 unspecified atom stereocenters. The lowest BCUT2D eigenvalue weighted by atomic mass is 10.1. The number of carbonyl (C=O) groups excluding carboxylic acids is 2. The summed E-state index contributed by atoms with van der Waals surface area (Å²) in [5.74, 6) is -0.00291. The molecule has 0 saturated carbocycles. The summed E-state index contributed by atoms with van der Waals surface area (Å²) in [7, 11) is 0. The topological polar surface area (TPSA) is 49.4 Å². The molecular weight excluding hydrogens is 192 g/mol. The van der Waals surface area contributed by atoms with E-state index in [9.17, 15) is 9.59 Å². The van der Waals surface area contributed by atoms with Crippen LogP contribution in [0.5, 0.6) is 0 Å². The monoisotopic (exact) mass is 212 g/mol. The number of rotatable bonds is 2. The molecule has 1 aliphatic heterocycles. The van der Waals surface area contributed by atoms with E-state index in [4.69, 9.17) is 0 Å². The van der Waals surface area contributed by atoms with Crippen molar-refractivity contribution in [1.82, 2.24) is 10.2 Å². The highest BCUT2D eigenvalue weighted by Crippen LogP contribution is 2.16. The van der Waals surface area contributed by atoms with Gasteiger partial charge in [0.2, 0.25) is 11.8 Å². The van der Waals surface area contributed by atoms with Crippen LogP contribution in [-0.4, -0.2) is 34.8 Å². The summed E-state index contributed by atoms with van der Waals surface area (Å²) >= 11 is 0. The fourth-order valence-corrected chi connectivity index (χ4v) is 2.02. The van der Waals surface area contributed by atoms with Gasteiger partial charge in [0.05, 0.1) is 0 Å². The summed E-state index contributed by atoms with van der Waals surface area (Å²) in [6.07, 6.45) is 1.32. The number of nitrogens with zero attached hydrogens (tertiary/aromatic N) is 1. The molecule has 0 aromatic carbocycles. The van der Waals surface area contributed by atoms with Crippen molar-refractivity contribution in [3.05, 3.63) is 0 Å². The minimum atomic E-state index is -0.392. The Morgan fingerprint density at radius 1 is 1.47 bits per heavy atom. The van der Waals surface area contributed by atoms with Crippen LogP contribution in [0.4, 0.5) is 0 Å². The SMILES string of the molecule is CCC(C)N1C(=O)C(C)NC(=O)CC1C. The second-order valence-electron chi connectivity index (χ2n) is 4.35. The van der Waals surface area contributed by atoms with E-state index in [-0.39, 0.29) is 23.9 Å². The Balaban J connectivity index is 2.90. The second kappa shape index (κ2) is 4.64. The molecule has 1 saturated heterocycles. The molecule has 4 nitrogen and oxygen atoms in total. The van der Waals surface area contributed by atoms with Crippen LogP contribution in [0.1, 0.15) is 40.5 Å². The van der Waals surface area contributed by atoms with E-state index in [0.717, 1.165) is 6.42 Å². The molecule has 86 valence electrons. The van der Waals surface area contributed by atoms with Crippen molar-refractivity contribution in [2.75, 3.05) is 0 Å². The summed E-state index contributed by atoms with van der Waals surface area (Å²) in [4.78, 5) is 25.3. The molecule has 1 fully saturated rings. The molecule has 0 spiro atoms. The zero-order valence-electron chi connectivity index (χ0n) is 9.91. The number of nitrogens with one attached hydrogen (secondary N) is 1. The third-order valence-electron chi connectivity index (χ3n) is 3.02. The number of amides is 2. The van der Waals surface area contributed by atoms with Crippen molar-refractivity contribution in [3.63, 3.8) is 0 Å². The summed E-state index contributed by atoms with van der Waals surface area (Å²) in [5, 5.41) is 2.70. The van der Waals surface area contributed by atoms with Crippen LogP contribution >= 0.6 is 0 Å². The van der Waals surface area contributed by atoms with Gasteiger partial charge in [-0.1, -0.05) is 6.92 Å². The fourth-order valence-electron chi connectivity index (χ4n) is 2.02. The second-order valence-corrected chi connectivity index (χ2v) is 4.35. The Kier molecular flexibility index (Phi) is 3.72. The van der Waals surface area contributed by atoms with Crippen molar-refractivity contribution >= 4 is 11.8 Å². The molecule has 1 rings (SSSR count). The summed E-state index contributed by atoms with van der Waals surface area (Å²) in [6, 6.07) is -0.198. The Morgan fingerprint density at radius 2 is 2.07 bits per heavy atom. The van der Waals surface area contributed by atoms with Crippen LogP contribution in [0.2, 0.25) is 0 Å². The van der Waals surface area contributed by atoms with Crippen LogP contribution < -0.4 is 5.32 Å². The summed E-state index contributed by atoms with van der Waals surface area (Å²) < 4.78 is 0. The quantitative estimate of drug-likeness (QED) is 0.739. The first kappa shape index (κ1) is 12.0. The third kappa shape index (κ3) is 2.49. The van der Waals surface area contributed by atoms with Gasteiger partial charge >= 0.3 is 0 Å². The first-order valence-electron chi connectivity index (χ1n) is 5.58. The number of carbonyl (C=O) groups is 2. The zero-order valence-corrected chi connectivity index (χ0v) is 9.91. The Labute approximate surface area is 91.0 Å². The van der Waals surface area contributed by atoms with Gasteiger partial charge in [0.15, 0.2) is 0 Å². The van der Waals surface area contributed by atoms with Crippen LogP contribution in [0.3, 0.4) is 0 Å². The van der Waals surface area contributed by atoms with E-state index < -0.39 is 6.04 Å². The zero-order chi connectivity index (χ0) is 11.6. The predicted molar refractivity (Wildman–Crippen MR) is 58.3 cm³/mol. The minimum absolute atomic E-state index is 0.00241. The van der Waals surface area contributed by atoms with Gasteiger partial charge in [-0.15, -0.1) is 0 Å². The Bertz CT molecular complexity index is 265. The van der Waals surface area contributed by atoms with Gasteiger partial charge in [-0.05, 0) is 27.2 Å². The highest BCUT2D eigenvalue weighted by atomic mass is 16.2. The third-order valence-corrected chi connectivity index (χ3v) is 3.02. The average molecular weight is 212 g/mol. The van der Waals surface area contributed by atoms with Crippen molar-refractivity contribution in [2.24, 2.45) is 0 Å². The van der Waals surface area contributed by atoms with Crippen molar-refractivity contribution in [1.29, 1.82) is 0 Å². The van der Waals surface area contributed by atoms with Gasteiger partial charge < -0.3 is 10.2 Å². The van der Waals surface area contributed by atoms with Gasteiger partial charge in [0.1, 0.15) is 6.04 Å². The Morgan fingerprint density at radius 3 is 2.60 bits per heavy atom. The van der Waals surface area contributed by atoms with Crippen molar-refractivity contribution in [2.45, 2.75) is 58.7 Å². The first-order chi connectivity index (χ1) is 6.97. The van der Waals surface area contributed by atoms with E-state index in [1.165, 1.54) is 0 Å². The molecule has 0 aromatic rings. The van der Waals surface area contributed by atoms with Crippen molar-refractivity contribution in [3.8, 4) is 0 Å². The Hall–Kier alpha value is -1.06. The molecule has 0 aromatic heterocycles. The molecule has 15 heavy (non-hydrogen) atoms. The van der Waals surface area contributed by atoms with Gasteiger partial charge in [0, 0.05) is 18.5 Å². The number of hydrogen-bond acceptors (Lipinski definition) is 2. The van der Waals surface area contributed by atoms with Crippen LogP contribution in [0, 0.1) is 0 Å². The smallest absolute Gasteiger partial charge is 0.245 e. The minimum Gasteiger partial charge on any atom is -0.345 e. The van der Waals surface area contributed by atoms with E-state index in [2.05, 4.69) is 12.2 Å². The highest BCUT2D eigenvalue weighted by molar-refractivity contribution is 5.90. The van der Waals surface area contributed by atoms with E-state index in [0.29, 0.717) is 6.42 Å². The average Bonchev–Trinajstić information content (AvgIpc) is 2.24. The van der Waals surface area contributed by atoms with Gasteiger partial charge in [0.25, 0.3) is 0 Å². The van der Waals surface area contributed by atoms with Crippen LogP contribution in [0.15, 0.2) is 0 Å². The fraction of sp³-hybridized carbons (Fsp3) is 0.818. The van der Waals surface area contributed by atoms with Gasteiger partial charge in [-0.3, -0.25) is 9.59 Å².